The standard InChI is InChI=1S/C24H26N2O3/c1-6-26(15(2)3)22-8-7-17(14-25-22)23-19-13-21(28-5)20(27-4)12-18(19)11-16-9-10-29-24(16)23/h7-15H,6H2,1-5H3. The fourth-order valence-corrected chi connectivity index (χ4v) is 3.94. The molecule has 0 amide bonds. The van der Waals surface area contributed by atoms with E-state index in [0.717, 1.165) is 45.2 Å². The third-order valence-corrected chi connectivity index (χ3v) is 5.35. The molecule has 0 saturated heterocycles. The quantitative estimate of drug-likeness (QED) is 0.410. The summed E-state index contributed by atoms with van der Waals surface area (Å²) < 4.78 is 16.9. The van der Waals surface area contributed by atoms with Crippen molar-refractivity contribution in [3.05, 3.63) is 48.9 Å². The SMILES string of the molecule is CCN(c1ccc(-c2c3cc(OC)c(OC)cc3cc3ccoc23)cn1)C(C)C. The molecule has 0 aliphatic rings. The van der Waals surface area contributed by atoms with Gasteiger partial charge in [-0.15, -0.1) is 0 Å². The van der Waals surface area contributed by atoms with Crippen molar-refractivity contribution >= 4 is 27.6 Å². The minimum absolute atomic E-state index is 0.393. The molecule has 5 heteroatoms. The van der Waals surface area contributed by atoms with Crippen molar-refractivity contribution in [2.75, 3.05) is 25.7 Å². The summed E-state index contributed by atoms with van der Waals surface area (Å²) in [5.41, 5.74) is 2.86. The third kappa shape index (κ3) is 3.27. The predicted octanol–water partition coefficient (Wildman–Crippen LogP) is 5.90. The van der Waals surface area contributed by atoms with Gasteiger partial charge in [-0.3, -0.25) is 0 Å². The molecular weight excluding hydrogens is 364 g/mol. The van der Waals surface area contributed by atoms with E-state index in [1.165, 1.54) is 0 Å². The highest BCUT2D eigenvalue weighted by molar-refractivity contribution is 6.11. The second-order valence-corrected chi connectivity index (χ2v) is 7.30. The van der Waals surface area contributed by atoms with Gasteiger partial charge < -0.3 is 18.8 Å². The Hall–Kier alpha value is -3.21. The van der Waals surface area contributed by atoms with Crippen LogP contribution in [0.25, 0.3) is 32.9 Å². The van der Waals surface area contributed by atoms with Crippen LogP contribution in [0.15, 0.2) is 53.3 Å². The van der Waals surface area contributed by atoms with Gasteiger partial charge in [0.2, 0.25) is 0 Å². The van der Waals surface area contributed by atoms with Crippen LogP contribution in [0.5, 0.6) is 11.5 Å². The van der Waals surface area contributed by atoms with Gasteiger partial charge in [0.05, 0.1) is 20.5 Å². The zero-order valence-electron chi connectivity index (χ0n) is 17.5. The molecule has 150 valence electrons. The number of ether oxygens (including phenoxy) is 2. The topological polar surface area (TPSA) is 47.7 Å². The summed E-state index contributed by atoms with van der Waals surface area (Å²) >= 11 is 0. The maximum atomic E-state index is 5.87. The van der Waals surface area contributed by atoms with Crippen molar-refractivity contribution in [1.29, 1.82) is 0 Å². The van der Waals surface area contributed by atoms with Crippen molar-refractivity contribution < 1.29 is 13.9 Å². The van der Waals surface area contributed by atoms with E-state index in [-0.39, 0.29) is 0 Å². The van der Waals surface area contributed by atoms with E-state index in [2.05, 4.69) is 43.9 Å². The molecule has 0 atom stereocenters. The number of fused-ring (bicyclic) bond motifs is 2. The highest BCUT2D eigenvalue weighted by Crippen LogP contribution is 2.41. The van der Waals surface area contributed by atoms with E-state index in [1.807, 2.05) is 24.4 Å². The van der Waals surface area contributed by atoms with Crippen LogP contribution in [0.3, 0.4) is 0 Å². The number of furan rings is 1. The average Bonchev–Trinajstić information content (AvgIpc) is 3.19. The van der Waals surface area contributed by atoms with Gasteiger partial charge in [-0.25, -0.2) is 4.98 Å². The molecule has 4 aromatic rings. The second kappa shape index (κ2) is 7.66. The van der Waals surface area contributed by atoms with Gasteiger partial charge in [-0.05, 0) is 67.9 Å². The lowest BCUT2D eigenvalue weighted by atomic mass is 9.96. The first-order valence-electron chi connectivity index (χ1n) is 9.86. The molecule has 0 fully saturated rings. The molecule has 0 unspecified atom stereocenters. The zero-order valence-corrected chi connectivity index (χ0v) is 17.5. The molecular formula is C24H26N2O3. The highest BCUT2D eigenvalue weighted by Gasteiger charge is 2.17. The largest absolute Gasteiger partial charge is 0.493 e. The highest BCUT2D eigenvalue weighted by atomic mass is 16.5. The number of benzene rings is 2. The number of methoxy groups -OCH3 is 2. The van der Waals surface area contributed by atoms with Gasteiger partial charge in [0, 0.05) is 35.3 Å². The molecule has 29 heavy (non-hydrogen) atoms. The maximum absolute atomic E-state index is 5.87. The molecule has 0 spiro atoms. The number of hydrogen-bond donors (Lipinski definition) is 0. The van der Waals surface area contributed by atoms with Crippen LogP contribution in [0, 0.1) is 0 Å². The Bertz CT molecular complexity index is 1150. The molecule has 2 aromatic carbocycles. The predicted molar refractivity (Wildman–Crippen MR) is 118 cm³/mol. The van der Waals surface area contributed by atoms with Gasteiger partial charge in [0.15, 0.2) is 11.5 Å². The Labute approximate surface area is 170 Å². The van der Waals surface area contributed by atoms with Crippen molar-refractivity contribution in [1.82, 2.24) is 4.98 Å². The maximum Gasteiger partial charge on any atom is 0.161 e. The summed E-state index contributed by atoms with van der Waals surface area (Å²) in [6.45, 7) is 7.41. The minimum atomic E-state index is 0.393. The first-order chi connectivity index (χ1) is 14.1. The monoisotopic (exact) mass is 390 g/mol. The fourth-order valence-electron chi connectivity index (χ4n) is 3.94. The fraction of sp³-hybridized carbons (Fsp3) is 0.292. The van der Waals surface area contributed by atoms with Gasteiger partial charge in [0.25, 0.3) is 0 Å². The number of nitrogens with zero attached hydrogens (tertiary/aromatic N) is 2. The molecule has 0 saturated carbocycles. The summed E-state index contributed by atoms with van der Waals surface area (Å²) in [7, 11) is 3.30. The second-order valence-electron chi connectivity index (χ2n) is 7.30. The molecule has 0 aliphatic carbocycles. The number of aromatic nitrogens is 1. The molecule has 4 rings (SSSR count). The van der Waals surface area contributed by atoms with Crippen LogP contribution in [0.1, 0.15) is 20.8 Å². The first kappa shape index (κ1) is 19.1. The van der Waals surface area contributed by atoms with Gasteiger partial charge in [-0.2, -0.15) is 0 Å². The summed E-state index contributed by atoms with van der Waals surface area (Å²) in [6.07, 6.45) is 3.65. The van der Waals surface area contributed by atoms with E-state index in [0.29, 0.717) is 17.5 Å². The van der Waals surface area contributed by atoms with E-state index in [4.69, 9.17) is 18.9 Å². The number of pyridine rings is 1. The summed E-state index contributed by atoms with van der Waals surface area (Å²) in [5.74, 6) is 2.37. The Balaban J connectivity index is 1.94. The van der Waals surface area contributed by atoms with E-state index >= 15 is 0 Å². The van der Waals surface area contributed by atoms with E-state index < -0.39 is 0 Å². The molecule has 5 nitrogen and oxygen atoms in total. The van der Waals surface area contributed by atoms with Crippen molar-refractivity contribution in [3.63, 3.8) is 0 Å². The minimum Gasteiger partial charge on any atom is -0.493 e. The number of anilines is 1. The molecule has 0 bridgehead atoms. The van der Waals surface area contributed by atoms with Crippen LogP contribution in [0.2, 0.25) is 0 Å². The lowest BCUT2D eigenvalue weighted by Crippen LogP contribution is -2.30. The Kier molecular flexibility index (Phi) is 5.05. The molecule has 0 aliphatic heterocycles. The van der Waals surface area contributed by atoms with Crippen molar-refractivity contribution in [3.8, 4) is 22.6 Å². The van der Waals surface area contributed by atoms with Crippen LogP contribution >= 0.6 is 0 Å². The lowest BCUT2D eigenvalue weighted by molar-refractivity contribution is 0.356. The number of hydrogen-bond acceptors (Lipinski definition) is 5. The first-order valence-corrected chi connectivity index (χ1v) is 9.86. The van der Waals surface area contributed by atoms with Gasteiger partial charge >= 0.3 is 0 Å². The third-order valence-electron chi connectivity index (χ3n) is 5.35. The van der Waals surface area contributed by atoms with Gasteiger partial charge in [-0.1, -0.05) is 0 Å². The van der Waals surface area contributed by atoms with Crippen molar-refractivity contribution in [2.45, 2.75) is 26.8 Å². The van der Waals surface area contributed by atoms with Crippen LogP contribution in [-0.4, -0.2) is 31.8 Å². The smallest absolute Gasteiger partial charge is 0.161 e. The Morgan fingerprint density at radius 3 is 2.38 bits per heavy atom. The molecule has 2 heterocycles. The normalized spacial score (nSPS) is 11.4. The Morgan fingerprint density at radius 1 is 1.00 bits per heavy atom. The zero-order chi connectivity index (χ0) is 20.5. The Morgan fingerprint density at radius 2 is 1.76 bits per heavy atom. The molecule has 0 N–H and O–H groups in total. The summed E-state index contributed by atoms with van der Waals surface area (Å²) in [4.78, 5) is 7.02. The summed E-state index contributed by atoms with van der Waals surface area (Å²) in [5, 5.41) is 3.14. The number of rotatable bonds is 6. The van der Waals surface area contributed by atoms with Crippen molar-refractivity contribution in [2.24, 2.45) is 0 Å². The average molecular weight is 390 g/mol. The lowest BCUT2D eigenvalue weighted by Gasteiger charge is -2.26. The van der Waals surface area contributed by atoms with Crippen LogP contribution in [-0.2, 0) is 0 Å². The molecule has 0 radical (unpaired) electrons. The summed E-state index contributed by atoms with van der Waals surface area (Å²) in [6, 6.07) is 12.7. The van der Waals surface area contributed by atoms with Crippen LogP contribution < -0.4 is 14.4 Å². The van der Waals surface area contributed by atoms with E-state index in [9.17, 15) is 0 Å². The van der Waals surface area contributed by atoms with Crippen LogP contribution in [0.4, 0.5) is 5.82 Å². The van der Waals surface area contributed by atoms with Gasteiger partial charge in [0.1, 0.15) is 11.4 Å². The molecule has 2 aromatic heterocycles. The van der Waals surface area contributed by atoms with E-state index in [1.54, 1.807) is 20.5 Å².